The van der Waals surface area contributed by atoms with Crippen LogP contribution in [0.15, 0.2) is 0 Å². The third-order valence-electron chi connectivity index (χ3n) is 3.50. The highest BCUT2D eigenvalue weighted by Crippen LogP contribution is 2.11. The Bertz CT molecular complexity index is 304. The molecule has 1 aliphatic heterocycles. The van der Waals surface area contributed by atoms with Gasteiger partial charge < -0.3 is 16.0 Å². The van der Waals surface area contributed by atoms with Crippen molar-refractivity contribution in [3.8, 4) is 0 Å². The van der Waals surface area contributed by atoms with E-state index in [0.29, 0.717) is 25.7 Å². The van der Waals surface area contributed by atoms with Crippen LogP contribution in [0.1, 0.15) is 33.1 Å². The van der Waals surface area contributed by atoms with Gasteiger partial charge in [0.05, 0.1) is 6.54 Å². The molecule has 0 aliphatic carbocycles. The fraction of sp³-hybridized carbons (Fsp3) is 0.857. The Balaban J connectivity index is 2.28. The monoisotopic (exact) mass is 284 g/mol. The number of hydrogen-bond acceptors (Lipinski definition) is 4. The molecule has 6 nitrogen and oxygen atoms in total. The second kappa shape index (κ2) is 9.72. The minimum atomic E-state index is -0.0680. The molecule has 3 N–H and O–H groups in total. The molecule has 0 radical (unpaired) electrons. The van der Waals surface area contributed by atoms with Crippen molar-refractivity contribution in [2.24, 2.45) is 0 Å². The molecule has 116 valence electrons. The molecule has 0 aromatic rings. The lowest BCUT2D eigenvalue weighted by Crippen LogP contribution is -2.48. The highest BCUT2D eigenvalue weighted by Gasteiger charge is 2.21. The molecule has 0 unspecified atom stereocenters. The van der Waals surface area contributed by atoms with Crippen LogP contribution in [0.5, 0.6) is 0 Å². The lowest BCUT2D eigenvalue weighted by Gasteiger charge is -2.34. The van der Waals surface area contributed by atoms with E-state index < -0.39 is 0 Å². The van der Waals surface area contributed by atoms with Crippen molar-refractivity contribution in [3.05, 3.63) is 0 Å². The summed E-state index contributed by atoms with van der Waals surface area (Å²) in [6.45, 7) is 8.09. The van der Waals surface area contributed by atoms with E-state index in [2.05, 4.69) is 27.8 Å². The molecule has 20 heavy (non-hydrogen) atoms. The molecule has 1 aliphatic rings. The normalized spacial score (nSPS) is 16.1. The molecule has 6 heteroatoms. The van der Waals surface area contributed by atoms with Gasteiger partial charge in [0.25, 0.3) is 0 Å². The standard InChI is InChI=1S/C14H28N4O2/c1-3-10-18(13-4-6-15-7-5-13)11-14(20)17-9-8-16-12(2)19/h13,15H,3-11H2,1-2H3,(H,16,19)(H,17,20). The maximum atomic E-state index is 11.9. The summed E-state index contributed by atoms with van der Waals surface area (Å²) in [4.78, 5) is 24.9. The molecule has 0 aromatic heterocycles. The van der Waals surface area contributed by atoms with Crippen molar-refractivity contribution in [1.82, 2.24) is 20.9 Å². The molecule has 0 bridgehead atoms. The molecule has 0 spiro atoms. The first-order valence-electron chi connectivity index (χ1n) is 7.59. The Hall–Kier alpha value is -1.14. The average molecular weight is 284 g/mol. The summed E-state index contributed by atoms with van der Waals surface area (Å²) in [5, 5.41) is 8.87. The van der Waals surface area contributed by atoms with E-state index in [1.54, 1.807) is 0 Å². The summed E-state index contributed by atoms with van der Waals surface area (Å²) < 4.78 is 0. The number of amides is 2. The number of carbonyl (C=O) groups excluding carboxylic acids is 2. The van der Waals surface area contributed by atoms with E-state index in [0.717, 1.165) is 38.9 Å². The summed E-state index contributed by atoms with van der Waals surface area (Å²) in [5.74, 6) is -0.0242. The highest BCUT2D eigenvalue weighted by molar-refractivity contribution is 5.78. The Morgan fingerprint density at radius 3 is 2.45 bits per heavy atom. The van der Waals surface area contributed by atoms with E-state index in [1.165, 1.54) is 6.92 Å². The first-order valence-corrected chi connectivity index (χ1v) is 7.59. The highest BCUT2D eigenvalue weighted by atomic mass is 16.2. The van der Waals surface area contributed by atoms with Crippen LogP contribution in [0.4, 0.5) is 0 Å². The van der Waals surface area contributed by atoms with E-state index >= 15 is 0 Å². The minimum Gasteiger partial charge on any atom is -0.355 e. The molecule has 0 aromatic carbocycles. The third-order valence-corrected chi connectivity index (χ3v) is 3.50. The van der Waals surface area contributed by atoms with Gasteiger partial charge in [-0.2, -0.15) is 0 Å². The van der Waals surface area contributed by atoms with E-state index in [4.69, 9.17) is 0 Å². The molecule has 1 rings (SSSR count). The first kappa shape index (κ1) is 16.9. The number of rotatable bonds is 8. The number of nitrogens with zero attached hydrogens (tertiary/aromatic N) is 1. The zero-order valence-corrected chi connectivity index (χ0v) is 12.7. The van der Waals surface area contributed by atoms with Gasteiger partial charge in [-0.3, -0.25) is 14.5 Å². The van der Waals surface area contributed by atoms with E-state index in [1.807, 2.05) is 0 Å². The molecule has 2 amide bonds. The van der Waals surface area contributed by atoms with Crippen LogP contribution >= 0.6 is 0 Å². The predicted molar refractivity (Wildman–Crippen MR) is 79.4 cm³/mol. The van der Waals surface area contributed by atoms with Gasteiger partial charge in [0.1, 0.15) is 0 Å². The summed E-state index contributed by atoms with van der Waals surface area (Å²) in [5.41, 5.74) is 0. The third kappa shape index (κ3) is 6.86. The molecular formula is C14H28N4O2. The van der Waals surface area contributed by atoms with E-state index in [9.17, 15) is 9.59 Å². The fourth-order valence-electron chi connectivity index (χ4n) is 2.53. The number of carbonyl (C=O) groups is 2. The van der Waals surface area contributed by atoms with Crippen LogP contribution in [0.2, 0.25) is 0 Å². The Labute approximate surface area is 121 Å². The smallest absolute Gasteiger partial charge is 0.234 e. The lowest BCUT2D eigenvalue weighted by molar-refractivity contribution is -0.123. The maximum Gasteiger partial charge on any atom is 0.234 e. The van der Waals surface area contributed by atoms with Gasteiger partial charge in [-0.05, 0) is 38.9 Å². The number of piperidine rings is 1. The molecule has 1 saturated heterocycles. The van der Waals surface area contributed by atoms with Gasteiger partial charge in [0.2, 0.25) is 11.8 Å². The van der Waals surface area contributed by atoms with Crippen molar-refractivity contribution in [1.29, 1.82) is 0 Å². The summed E-state index contributed by atoms with van der Waals surface area (Å²) >= 11 is 0. The Kier molecular flexibility index (Phi) is 8.22. The van der Waals surface area contributed by atoms with Gasteiger partial charge in [-0.15, -0.1) is 0 Å². The zero-order valence-electron chi connectivity index (χ0n) is 12.7. The van der Waals surface area contributed by atoms with Crippen LogP contribution in [-0.4, -0.2) is 62.0 Å². The summed E-state index contributed by atoms with van der Waals surface area (Å²) in [7, 11) is 0. The van der Waals surface area contributed by atoms with Gasteiger partial charge in [-0.25, -0.2) is 0 Å². The maximum absolute atomic E-state index is 11.9. The van der Waals surface area contributed by atoms with Crippen LogP contribution in [0.25, 0.3) is 0 Å². The van der Waals surface area contributed by atoms with Crippen LogP contribution in [0.3, 0.4) is 0 Å². The van der Waals surface area contributed by atoms with Gasteiger partial charge in [0.15, 0.2) is 0 Å². The molecule has 1 fully saturated rings. The second-order valence-electron chi connectivity index (χ2n) is 5.28. The van der Waals surface area contributed by atoms with Crippen molar-refractivity contribution >= 4 is 11.8 Å². The van der Waals surface area contributed by atoms with Crippen molar-refractivity contribution < 1.29 is 9.59 Å². The van der Waals surface area contributed by atoms with Gasteiger partial charge >= 0.3 is 0 Å². The fourth-order valence-corrected chi connectivity index (χ4v) is 2.53. The van der Waals surface area contributed by atoms with Crippen LogP contribution in [0, 0.1) is 0 Å². The van der Waals surface area contributed by atoms with Crippen molar-refractivity contribution in [2.75, 3.05) is 39.3 Å². The zero-order chi connectivity index (χ0) is 14.8. The number of hydrogen-bond donors (Lipinski definition) is 3. The number of nitrogens with one attached hydrogen (secondary N) is 3. The Morgan fingerprint density at radius 2 is 1.85 bits per heavy atom. The van der Waals surface area contributed by atoms with Crippen molar-refractivity contribution in [2.45, 2.75) is 39.2 Å². The molecular weight excluding hydrogens is 256 g/mol. The van der Waals surface area contributed by atoms with Gasteiger partial charge in [-0.1, -0.05) is 6.92 Å². The van der Waals surface area contributed by atoms with Crippen LogP contribution < -0.4 is 16.0 Å². The SMILES string of the molecule is CCCN(CC(=O)NCCNC(C)=O)C1CCNCC1. The molecule has 1 heterocycles. The quantitative estimate of drug-likeness (QED) is 0.535. The molecule has 0 saturated carbocycles. The topological polar surface area (TPSA) is 73.5 Å². The van der Waals surface area contributed by atoms with Crippen LogP contribution in [-0.2, 0) is 9.59 Å². The minimum absolute atomic E-state index is 0.0438. The largest absolute Gasteiger partial charge is 0.355 e. The Morgan fingerprint density at radius 1 is 1.20 bits per heavy atom. The summed E-state index contributed by atoms with van der Waals surface area (Å²) in [6.07, 6.45) is 3.28. The summed E-state index contributed by atoms with van der Waals surface area (Å²) in [6, 6.07) is 0.511. The van der Waals surface area contributed by atoms with Crippen molar-refractivity contribution in [3.63, 3.8) is 0 Å². The second-order valence-corrected chi connectivity index (χ2v) is 5.28. The predicted octanol–water partition coefficient (Wildman–Crippen LogP) is -0.297. The molecule has 0 atom stereocenters. The lowest BCUT2D eigenvalue weighted by atomic mass is 10.0. The average Bonchev–Trinajstić information content (AvgIpc) is 2.44. The van der Waals surface area contributed by atoms with E-state index in [-0.39, 0.29) is 11.8 Å². The van der Waals surface area contributed by atoms with Gasteiger partial charge in [0, 0.05) is 26.1 Å². The first-order chi connectivity index (χ1) is 9.63.